The molecule has 1 aliphatic rings. The molecule has 3 rings (SSSR count). The summed E-state index contributed by atoms with van der Waals surface area (Å²) in [7, 11) is 1.80. The monoisotopic (exact) mass is 338 g/mol. The first-order chi connectivity index (χ1) is 12.2. The van der Waals surface area contributed by atoms with E-state index < -0.39 is 0 Å². The van der Waals surface area contributed by atoms with Crippen LogP contribution < -0.4 is 0 Å². The molecule has 2 heteroatoms. The highest BCUT2D eigenvalue weighted by Gasteiger charge is 2.22. The second kappa shape index (κ2) is 8.44. The Morgan fingerprint density at radius 3 is 2.40 bits per heavy atom. The lowest BCUT2D eigenvalue weighted by molar-refractivity contribution is 0.0659. The minimum Gasteiger partial charge on any atom is -0.381 e. The number of allylic oxidation sites excluding steroid dienone is 1. The predicted molar refractivity (Wildman–Crippen MR) is 102 cm³/mol. The largest absolute Gasteiger partial charge is 0.381 e. The van der Waals surface area contributed by atoms with Crippen LogP contribution in [0.15, 0.2) is 55.1 Å². The highest BCUT2D eigenvalue weighted by atomic mass is 19.1. The average molecular weight is 338 g/mol. The third-order valence-electron chi connectivity index (χ3n) is 5.37. The molecule has 0 aromatic heterocycles. The van der Waals surface area contributed by atoms with E-state index >= 15 is 0 Å². The standard InChI is InChI=1S/C23H27FO/c1-3-4-5-17-6-15-22(23(24)16-17)20-9-7-18(8-10-20)19-11-13-21(25-2)14-12-19/h3,6-10,15-16,19,21H,1,4-5,11-14H2,2H3. The Hall–Kier alpha value is -1.93. The van der Waals surface area contributed by atoms with Crippen LogP contribution in [0.2, 0.25) is 0 Å². The maximum absolute atomic E-state index is 14.5. The van der Waals surface area contributed by atoms with E-state index in [0.29, 0.717) is 17.6 Å². The second-order valence-electron chi connectivity index (χ2n) is 6.97. The quantitative estimate of drug-likeness (QED) is 0.563. The predicted octanol–water partition coefficient (Wildman–Crippen LogP) is 6.28. The molecule has 0 radical (unpaired) electrons. The van der Waals surface area contributed by atoms with Crippen LogP contribution in [0.1, 0.15) is 49.1 Å². The van der Waals surface area contributed by atoms with Crippen molar-refractivity contribution in [3.63, 3.8) is 0 Å². The van der Waals surface area contributed by atoms with Gasteiger partial charge in [-0.3, -0.25) is 0 Å². The van der Waals surface area contributed by atoms with Gasteiger partial charge in [0.25, 0.3) is 0 Å². The number of aryl methyl sites for hydroxylation is 1. The van der Waals surface area contributed by atoms with Gasteiger partial charge in [-0.05, 0) is 67.2 Å². The van der Waals surface area contributed by atoms with E-state index in [-0.39, 0.29) is 5.82 Å². The maximum atomic E-state index is 14.5. The number of hydrogen-bond donors (Lipinski definition) is 0. The molecule has 0 N–H and O–H groups in total. The van der Waals surface area contributed by atoms with E-state index in [1.807, 2.05) is 18.2 Å². The van der Waals surface area contributed by atoms with Crippen molar-refractivity contribution in [2.75, 3.05) is 7.11 Å². The summed E-state index contributed by atoms with van der Waals surface area (Å²) in [5.41, 5.74) is 4.01. The zero-order chi connectivity index (χ0) is 17.6. The summed E-state index contributed by atoms with van der Waals surface area (Å²) in [6, 6.07) is 14.0. The number of halogens is 1. The summed E-state index contributed by atoms with van der Waals surface area (Å²) in [5.74, 6) is 0.460. The molecule has 2 aromatic carbocycles. The van der Waals surface area contributed by atoms with Gasteiger partial charge in [-0.1, -0.05) is 42.5 Å². The van der Waals surface area contributed by atoms with E-state index in [1.165, 1.54) is 18.4 Å². The molecule has 1 fully saturated rings. The van der Waals surface area contributed by atoms with Gasteiger partial charge in [-0.25, -0.2) is 4.39 Å². The van der Waals surface area contributed by atoms with Crippen LogP contribution in [-0.2, 0) is 11.2 Å². The Kier molecular flexibility index (Phi) is 6.04. The molecule has 0 unspecified atom stereocenters. The minimum absolute atomic E-state index is 0.144. The van der Waals surface area contributed by atoms with Crippen molar-refractivity contribution < 1.29 is 9.13 Å². The van der Waals surface area contributed by atoms with Crippen molar-refractivity contribution >= 4 is 0 Å². The van der Waals surface area contributed by atoms with Crippen LogP contribution in [0, 0.1) is 5.82 Å². The third kappa shape index (κ3) is 4.38. The lowest BCUT2D eigenvalue weighted by Gasteiger charge is -2.28. The third-order valence-corrected chi connectivity index (χ3v) is 5.37. The fourth-order valence-corrected chi connectivity index (χ4v) is 3.78. The second-order valence-corrected chi connectivity index (χ2v) is 6.97. The Balaban J connectivity index is 1.71. The Morgan fingerprint density at radius 2 is 1.80 bits per heavy atom. The Labute approximate surface area is 150 Å². The van der Waals surface area contributed by atoms with Gasteiger partial charge in [-0.15, -0.1) is 6.58 Å². The Morgan fingerprint density at radius 1 is 1.08 bits per heavy atom. The van der Waals surface area contributed by atoms with Crippen molar-refractivity contribution in [1.82, 2.24) is 0 Å². The van der Waals surface area contributed by atoms with Crippen LogP contribution in [0.25, 0.3) is 11.1 Å². The molecular weight excluding hydrogens is 311 g/mol. The minimum atomic E-state index is -0.144. The molecule has 0 spiro atoms. The van der Waals surface area contributed by atoms with E-state index in [1.54, 1.807) is 13.2 Å². The first-order valence-electron chi connectivity index (χ1n) is 9.23. The smallest absolute Gasteiger partial charge is 0.131 e. The highest BCUT2D eigenvalue weighted by Crippen LogP contribution is 2.35. The molecule has 1 nitrogen and oxygen atoms in total. The van der Waals surface area contributed by atoms with Gasteiger partial charge in [-0.2, -0.15) is 0 Å². The van der Waals surface area contributed by atoms with Gasteiger partial charge in [0.05, 0.1) is 6.10 Å². The number of methoxy groups -OCH3 is 1. The van der Waals surface area contributed by atoms with Crippen molar-refractivity contribution in [3.05, 3.63) is 72.1 Å². The van der Waals surface area contributed by atoms with E-state index in [2.05, 4.69) is 30.8 Å². The summed E-state index contributed by atoms with van der Waals surface area (Å²) >= 11 is 0. The van der Waals surface area contributed by atoms with Crippen molar-refractivity contribution in [2.24, 2.45) is 0 Å². The number of hydrogen-bond acceptors (Lipinski definition) is 1. The highest BCUT2D eigenvalue weighted by molar-refractivity contribution is 5.65. The molecule has 0 bridgehead atoms. The van der Waals surface area contributed by atoms with Crippen LogP contribution in [0.5, 0.6) is 0 Å². The molecule has 0 aliphatic heterocycles. The van der Waals surface area contributed by atoms with Gasteiger partial charge >= 0.3 is 0 Å². The molecule has 132 valence electrons. The van der Waals surface area contributed by atoms with E-state index in [0.717, 1.165) is 36.8 Å². The van der Waals surface area contributed by atoms with Crippen molar-refractivity contribution in [1.29, 1.82) is 0 Å². The molecule has 1 saturated carbocycles. The van der Waals surface area contributed by atoms with Crippen molar-refractivity contribution in [3.8, 4) is 11.1 Å². The van der Waals surface area contributed by atoms with Gasteiger partial charge in [0.1, 0.15) is 5.82 Å². The van der Waals surface area contributed by atoms with Gasteiger partial charge in [0, 0.05) is 12.7 Å². The normalized spacial score (nSPS) is 20.4. The number of rotatable bonds is 6. The zero-order valence-corrected chi connectivity index (χ0v) is 15.0. The summed E-state index contributed by atoms with van der Waals surface area (Å²) in [5, 5.41) is 0. The van der Waals surface area contributed by atoms with Crippen molar-refractivity contribution in [2.45, 2.75) is 50.5 Å². The van der Waals surface area contributed by atoms with Gasteiger partial charge < -0.3 is 4.74 Å². The number of benzene rings is 2. The SMILES string of the molecule is C=CCCc1ccc(-c2ccc(C3CCC(OC)CC3)cc2)c(F)c1. The summed E-state index contributed by atoms with van der Waals surface area (Å²) in [6.07, 6.45) is 8.60. The van der Waals surface area contributed by atoms with Gasteiger partial charge in [0.2, 0.25) is 0 Å². The molecular formula is C23H27FO. The fourth-order valence-electron chi connectivity index (χ4n) is 3.78. The zero-order valence-electron chi connectivity index (χ0n) is 15.0. The molecule has 2 aromatic rings. The Bertz CT molecular complexity index is 697. The molecule has 0 saturated heterocycles. The maximum Gasteiger partial charge on any atom is 0.131 e. The van der Waals surface area contributed by atoms with Crippen LogP contribution in [0.4, 0.5) is 4.39 Å². The summed E-state index contributed by atoms with van der Waals surface area (Å²) in [6.45, 7) is 3.72. The van der Waals surface area contributed by atoms with E-state index in [4.69, 9.17) is 4.74 Å². The molecule has 0 atom stereocenters. The topological polar surface area (TPSA) is 9.23 Å². The molecule has 0 amide bonds. The van der Waals surface area contributed by atoms with Crippen LogP contribution in [-0.4, -0.2) is 13.2 Å². The average Bonchev–Trinajstić information content (AvgIpc) is 2.67. The number of ether oxygens (including phenoxy) is 1. The summed E-state index contributed by atoms with van der Waals surface area (Å²) < 4.78 is 19.9. The lowest BCUT2D eigenvalue weighted by Crippen LogP contribution is -2.19. The van der Waals surface area contributed by atoms with Crippen LogP contribution >= 0.6 is 0 Å². The van der Waals surface area contributed by atoms with E-state index in [9.17, 15) is 4.39 Å². The first-order valence-corrected chi connectivity index (χ1v) is 9.23. The fraction of sp³-hybridized carbons (Fsp3) is 0.391. The van der Waals surface area contributed by atoms with Gasteiger partial charge in [0.15, 0.2) is 0 Å². The lowest BCUT2D eigenvalue weighted by atomic mass is 9.82. The molecule has 25 heavy (non-hydrogen) atoms. The summed E-state index contributed by atoms with van der Waals surface area (Å²) in [4.78, 5) is 0. The molecule has 0 heterocycles. The van der Waals surface area contributed by atoms with Crippen LogP contribution in [0.3, 0.4) is 0 Å². The first kappa shape index (κ1) is 17.9. The molecule has 1 aliphatic carbocycles.